The molecule has 7 heteroatoms. The molecule has 0 atom stereocenters. The van der Waals surface area contributed by atoms with Crippen LogP contribution in [0.1, 0.15) is 12.1 Å². The van der Waals surface area contributed by atoms with E-state index in [1.165, 1.54) is 0 Å². The summed E-state index contributed by atoms with van der Waals surface area (Å²) in [5.74, 6) is -0.164. The second-order valence-corrected chi connectivity index (χ2v) is 4.57. The molecule has 1 aromatic rings. The van der Waals surface area contributed by atoms with Gasteiger partial charge in [-0.3, -0.25) is 9.78 Å². The highest BCUT2D eigenvalue weighted by atomic mass is 16.3. The van der Waals surface area contributed by atoms with Crippen LogP contribution in [0.5, 0.6) is 0 Å². The van der Waals surface area contributed by atoms with Gasteiger partial charge < -0.3 is 20.6 Å². The monoisotopic (exact) mass is 294 g/mol. The van der Waals surface area contributed by atoms with Crippen molar-refractivity contribution in [2.75, 3.05) is 33.3 Å². The van der Waals surface area contributed by atoms with Crippen molar-refractivity contribution in [3.8, 4) is 0 Å². The number of likely N-dealkylation sites (N-methyl/N-ethyl adjacent to an activating group) is 1. The van der Waals surface area contributed by atoms with Crippen LogP contribution in [0.4, 0.5) is 4.79 Å². The summed E-state index contributed by atoms with van der Waals surface area (Å²) in [5, 5.41) is 13.6. The smallest absolute Gasteiger partial charge is 0.315 e. The number of carbonyl (C=O) groups is 2. The second kappa shape index (κ2) is 9.71. The van der Waals surface area contributed by atoms with Gasteiger partial charge in [0, 0.05) is 45.1 Å². The number of pyridine rings is 1. The Hall–Kier alpha value is -2.15. The van der Waals surface area contributed by atoms with Gasteiger partial charge in [0.05, 0.1) is 6.54 Å². The zero-order chi connectivity index (χ0) is 15.5. The predicted octanol–water partition coefficient (Wildman–Crippen LogP) is -0.236. The SMILES string of the molecule is CN(CCc1ccccn1)C(=O)CNC(=O)NCCCO. The van der Waals surface area contributed by atoms with Gasteiger partial charge in [-0.2, -0.15) is 0 Å². The van der Waals surface area contributed by atoms with E-state index in [9.17, 15) is 9.59 Å². The summed E-state index contributed by atoms with van der Waals surface area (Å²) >= 11 is 0. The summed E-state index contributed by atoms with van der Waals surface area (Å²) in [6.07, 6.45) is 2.88. The molecule has 0 fully saturated rings. The van der Waals surface area contributed by atoms with Crippen LogP contribution in [0.25, 0.3) is 0 Å². The number of aromatic nitrogens is 1. The first kappa shape index (κ1) is 16.9. The molecular formula is C14H22N4O3. The van der Waals surface area contributed by atoms with Crippen molar-refractivity contribution in [2.45, 2.75) is 12.8 Å². The molecule has 1 aromatic heterocycles. The molecule has 3 amide bonds. The molecule has 0 aromatic carbocycles. The van der Waals surface area contributed by atoms with Crippen LogP contribution in [-0.2, 0) is 11.2 Å². The van der Waals surface area contributed by atoms with Crippen molar-refractivity contribution in [1.29, 1.82) is 0 Å². The van der Waals surface area contributed by atoms with E-state index in [0.29, 0.717) is 25.9 Å². The Morgan fingerprint density at radius 1 is 1.33 bits per heavy atom. The van der Waals surface area contributed by atoms with Gasteiger partial charge in [-0.15, -0.1) is 0 Å². The van der Waals surface area contributed by atoms with Crippen LogP contribution in [-0.4, -0.2) is 60.2 Å². The van der Waals surface area contributed by atoms with E-state index >= 15 is 0 Å². The molecule has 0 saturated carbocycles. The van der Waals surface area contributed by atoms with E-state index in [-0.39, 0.29) is 19.1 Å². The van der Waals surface area contributed by atoms with Crippen LogP contribution in [0.15, 0.2) is 24.4 Å². The molecule has 0 radical (unpaired) electrons. The molecule has 1 heterocycles. The summed E-state index contributed by atoms with van der Waals surface area (Å²) in [6, 6.07) is 5.25. The van der Waals surface area contributed by atoms with Crippen molar-refractivity contribution in [3.05, 3.63) is 30.1 Å². The lowest BCUT2D eigenvalue weighted by Gasteiger charge is -2.17. The Morgan fingerprint density at radius 2 is 2.14 bits per heavy atom. The van der Waals surface area contributed by atoms with E-state index in [1.54, 1.807) is 18.1 Å². The minimum Gasteiger partial charge on any atom is -0.396 e. The van der Waals surface area contributed by atoms with Crippen LogP contribution in [0, 0.1) is 0 Å². The number of rotatable bonds is 8. The number of urea groups is 1. The molecule has 0 saturated heterocycles. The number of carbonyl (C=O) groups excluding carboxylic acids is 2. The fraction of sp³-hybridized carbons (Fsp3) is 0.500. The first-order chi connectivity index (χ1) is 10.1. The van der Waals surface area contributed by atoms with Gasteiger partial charge in [-0.1, -0.05) is 6.07 Å². The lowest BCUT2D eigenvalue weighted by atomic mass is 10.2. The van der Waals surface area contributed by atoms with Crippen molar-refractivity contribution in [3.63, 3.8) is 0 Å². The lowest BCUT2D eigenvalue weighted by Crippen LogP contribution is -2.43. The molecule has 21 heavy (non-hydrogen) atoms. The summed E-state index contributed by atoms with van der Waals surface area (Å²) in [7, 11) is 1.69. The Kier molecular flexibility index (Phi) is 7.81. The number of aliphatic hydroxyl groups excluding tert-OH is 1. The number of nitrogens with one attached hydrogen (secondary N) is 2. The van der Waals surface area contributed by atoms with Gasteiger partial charge in [-0.05, 0) is 18.6 Å². The third kappa shape index (κ3) is 7.26. The highest BCUT2D eigenvalue weighted by molar-refractivity contribution is 5.83. The number of aliphatic hydroxyl groups is 1. The highest BCUT2D eigenvalue weighted by Crippen LogP contribution is 1.96. The zero-order valence-corrected chi connectivity index (χ0v) is 12.2. The Morgan fingerprint density at radius 3 is 2.81 bits per heavy atom. The summed E-state index contributed by atoms with van der Waals surface area (Å²) in [4.78, 5) is 28.9. The molecule has 7 nitrogen and oxygen atoms in total. The minimum atomic E-state index is -0.407. The lowest BCUT2D eigenvalue weighted by molar-refractivity contribution is -0.128. The maximum absolute atomic E-state index is 11.8. The van der Waals surface area contributed by atoms with Gasteiger partial charge in [0.1, 0.15) is 0 Å². The van der Waals surface area contributed by atoms with Crippen LogP contribution >= 0.6 is 0 Å². The molecule has 0 aliphatic heterocycles. The molecule has 0 spiro atoms. The Balaban J connectivity index is 2.20. The molecule has 0 unspecified atom stereocenters. The quantitative estimate of drug-likeness (QED) is 0.577. The second-order valence-electron chi connectivity index (χ2n) is 4.57. The maximum atomic E-state index is 11.8. The molecule has 0 aliphatic carbocycles. The molecule has 0 aliphatic rings. The van der Waals surface area contributed by atoms with E-state index in [4.69, 9.17) is 5.11 Å². The summed E-state index contributed by atoms with van der Waals surface area (Å²) < 4.78 is 0. The zero-order valence-electron chi connectivity index (χ0n) is 12.2. The number of amides is 3. The van der Waals surface area contributed by atoms with Crippen molar-refractivity contribution < 1.29 is 14.7 Å². The van der Waals surface area contributed by atoms with Gasteiger partial charge in [-0.25, -0.2) is 4.79 Å². The average Bonchev–Trinajstić information content (AvgIpc) is 2.51. The van der Waals surface area contributed by atoms with E-state index in [1.807, 2.05) is 18.2 Å². The first-order valence-corrected chi connectivity index (χ1v) is 6.90. The fourth-order valence-electron chi connectivity index (χ4n) is 1.59. The predicted molar refractivity (Wildman–Crippen MR) is 78.7 cm³/mol. The van der Waals surface area contributed by atoms with Gasteiger partial charge >= 0.3 is 6.03 Å². The normalized spacial score (nSPS) is 10.0. The molecule has 0 bridgehead atoms. The number of hydrogen-bond donors (Lipinski definition) is 3. The third-order valence-electron chi connectivity index (χ3n) is 2.88. The van der Waals surface area contributed by atoms with Crippen LogP contribution in [0.3, 0.4) is 0 Å². The average molecular weight is 294 g/mol. The summed E-state index contributed by atoms with van der Waals surface area (Å²) in [6.45, 7) is 0.898. The third-order valence-corrected chi connectivity index (χ3v) is 2.88. The van der Waals surface area contributed by atoms with E-state index < -0.39 is 6.03 Å². The first-order valence-electron chi connectivity index (χ1n) is 6.90. The number of hydrogen-bond acceptors (Lipinski definition) is 4. The van der Waals surface area contributed by atoms with Crippen LogP contribution in [0.2, 0.25) is 0 Å². The van der Waals surface area contributed by atoms with E-state index in [0.717, 1.165) is 5.69 Å². The maximum Gasteiger partial charge on any atom is 0.315 e. The Labute approximate surface area is 124 Å². The standard InChI is InChI=1S/C14H22N4O3/c1-18(9-6-12-5-2-3-7-15-12)13(20)11-17-14(21)16-8-4-10-19/h2-3,5,7,19H,4,6,8-11H2,1H3,(H2,16,17,21). The van der Waals surface area contributed by atoms with Gasteiger partial charge in [0.15, 0.2) is 0 Å². The van der Waals surface area contributed by atoms with Crippen molar-refractivity contribution in [1.82, 2.24) is 20.5 Å². The Bertz CT molecular complexity index is 439. The largest absolute Gasteiger partial charge is 0.396 e. The summed E-state index contributed by atoms with van der Waals surface area (Å²) in [5.41, 5.74) is 0.923. The van der Waals surface area contributed by atoms with Gasteiger partial charge in [0.2, 0.25) is 5.91 Å². The molecule has 1 rings (SSSR count). The topological polar surface area (TPSA) is 94.6 Å². The number of nitrogens with zero attached hydrogens (tertiary/aromatic N) is 2. The molecular weight excluding hydrogens is 272 g/mol. The van der Waals surface area contributed by atoms with E-state index in [2.05, 4.69) is 15.6 Å². The van der Waals surface area contributed by atoms with Crippen LogP contribution < -0.4 is 10.6 Å². The van der Waals surface area contributed by atoms with Crippen molar-refractivity contribution >= 4 is 11.9 Å². The van der Waals surface area contributed by atoms with Crippen molar-refractivity contribution in [2.24, 2.45) is 0 Å². The highest BCUT2D eigenvalue weighted by Gasteiger charge is 2.10. The van der Waals surface area contributed by atoms with Gasteiger partial charge in [0.25, 0.3) is 0 Å². The molecule has 3 N–H and O–H groups in total. The molecule has 116 valence electrons. The fourth-order valence-corrected chi connectivity index (χ4v) is 1.59. The minimum absolute atomic E-state index is 0.0233.